The number of aliphatic hydroxyl groups is 1. The normalized spacial score (nSPS) is 19.9. The average molecular weight is 328 g/mol. The summed E-state index contributed by atoms with van der Waals surface area (Å²) in [6.07, 6.45) is 5.64. The highest BCUT2D eigenvalue weighted by molar-refractivity contribution is 7.98. The summed E-state index contributed by atoms with van der Waals surface area (Å²) in [4.78, 5) is 16.6. The Morgan fingerprint density at radius 3 is 2.87 bits per heavy atom. The Hall–Kier alpha value is -1.85. The molecule has 2 aromatic rings. The highest BCUT2D eigenvalue weighted by Crippen LogP contribution is 2.28. The quantitative estimate of drug-likeness (QED) is 0.846. The van der Waals surface area contributed by atoms with Crippen LogP contribution in [0.5, 0.6) is 0 Å². The van der Waals surface area contributed by atoms with E-state index < -0.39 is 5.60 Å². The molecule has 0 spiro atoms. The van der Waals surface area contributed by atoms with Crippen molar-refractivity contribution in [3.05, 3.63) is 59.3 Å². The molecular formula is C18H20N2O2S. The first kappa shape index (κ1) is 16.0. The van der Waals surface area contributed by atoms with E-state index in [9.17, 15) is 9.90 Å². The zero-order chi connectivity index (χ0) is 16.3. The number of thioether (sulfide) groups is 1. The van der Waals surface area contributed by atoms with Crippen molar-refractivity contribution in [1.29, 1.82) is 0 Å². The van der Waals surface area contributed by atoms with Gasteiger partial charge in [-0.25, -0.2) is 4.98 Å². The number of pyridine rings is 1. The maximum absolute atomic E-state index is 12.4. The summed E-state index contributed by atoms with van der Waals surface area (Å²) >= 11 is 1.44. The van der Waals surface area contributed by atoms with Crippen molar-refractivity contribution in [3.63, 3.8) is 0 Å². The second kappa shape index (κ2) is 6.72. The number of carbonyl (C=O) groups is 1. The summed E-state index contributed by atoms with van der Waals surface area (Å²) in [5, 5.41) is 14.4. The monoisotopic (exact) mass is 328 g/mol. The van der Waals surface area contributed by atoms with Crippen molar-refractivity contribution < 1.29 is 9.90 Å². The van der Waals surface area contributed by atoms with Crippen LogP contribution in [0.2, 0.25) is 0 Å². The van der Waals surface area contributed by atoms with Gasteiger partial charge >= 0.3 is 0 Å². The number of nitrogens with one attached hydrogen (secondary N) is 1. The van der Waals surface area contributed by atoms with Crippen LogP contribution in [0.15, 0.2) is 47.6 Å². The van der Waals surface area contributed by atoms with E-state index in [4.69, 9.17) is 0 Å². The van der Waals surface area contributed by atoms with Gasteiger partial charge in [0.2, 0.25) is 0 Å². The topological polar surface area (TPSA) is 62.2 Å². The molecule has 1 heterocycles. The van der Waals surface area contributed by atoms with E-state index in [1.54, 1.807) is 18.3 Å². The SMILES string of the molecule is CSc1ncccc1C(=O)NC[C@]1(O)CCc2ccccc2C1. The molecule has 0 radical (unpaired) electrons. The van der Waals surface area contributed by atoms with Crippen molar-refractivity contribution in [3.8, 4) is 0 Å². The second-order valence-corrected chi connectivity index (χ2v) is 6.71. The molecular weight excluding hydrogens is 308 g/mol. The number of benzene rings is 1. The number of fused-ring (bicyclic) bond motifs is 1. The Kier molecular flexibility index (Phi) is 4.68. The van der Waals surface area contributed by atoms with Gasteiger partial charge in [-0.3, -0.25) is 4.79 Å². The molecule has 1 atom stereocenters. The number of aromatic nitrogens is 1. The lowest BCUT2D eigenvalue weighted by Crippen LogP contribution is -2.46. The molecule has 1 aromatic heterocycles. The number of carbonyl (C=O) groups excluding carboxylic acids is 1. The minimum absolute atomic E-state index is 0.185. The molecule has 2 N–H and O–H groups in total. The predicted octanol–water partition coefficient (Wildman–Crippen LogP) is 2.45. The first-order chi connectivity index (χ1) is 11.1. The van der Waals surface area contributed by atoms with Gasteiger partial charge in [-0.05, 0) is 42.4 Å². The summed E-state index contributed by atoms with van der Waals surface area (Å²) in [5.74, 6) is -0.185. The second-order valence-electron chi connectivity index (χ2n) is 5.91. The Morgan fingerprint density at radius 1 is 1.30 bits per heavy atom. The molecule has 0 saturated heterocycles. The first-order valence-electron chi connectivity index (χ1n) is 7.68. The molecule has 1 aromatic carbocycles. The smallest absolute Gasteiger partial charge is 0.254 e. The first-order valence-corrected chi connectivity index (χ1v) is 8.90. The van der Waals surface area contributed by atoms with Crippen LogP contribution in [0.3, 0.4) is 0 Å². The van der Waals surface area contributed by atoms with Crippen molar-refractivity contribution in [2.75, 3.05) is 12.8 Å². The molecule has 0 fully saturated rings. The predicted molar refractivity (Wildman–Crippen MR) is 91.8 cm³/mol. The highest BCUT2D eigenvalue weighted by atomic mass is 32.2. The van der Waals surface area contributed by atoms with Crippen LogP contribution < -0.4 is 5.32 Å². The Balaban J connectivity index is 1.67. The summed E-state index contributed by atoms with van der Waals surface area (Å²) < 4.78 is 0. The van der Waals surface area contributed by atoms with Gasteiger partial charge in [0.05, 0.1) is 11.2 Å². The zero-order valence-electron chi connectivity index (χ0n) is 13.1. The third kappa shape index (κ3) is 3.57. The van der Waals surface area contributed by atoms with E-state index in [1.165, 1.54) is 22.9 Å². The number of hydrogen-bond donors (Lipinski definition) is 2. The number of amides is 1. The number of rotatable bonds is 4. The fourth-order valence-corrected chi connectivity index (χ4v) is 3.55. The minimum Gasteiger partial charge on any atom is -0.388 e. The third-order valence-corrected chi connectivity index (χ3v) is 5.00. The lowest BCUT2D eigenvalue weighted by atomic mass is 9.80. The van der Waals surface area contributed by atoms with Gasteiger partial charge in [-0.2, -0.15) is 0 Å². The maximum Gasteiger partial charge on any atom is 0.254 e. The van der Waals surface area contributed by atoms with Gasteiger partial charge in [0.25, 0.3) is 5.91 Å². The summed E-state index contributed by atoms with van der Waals surface area (Å²) in [6.45, 7) is 0.253. The van der Waals surface area contributed by atoms with Crippen LogP contribution in [0.25, 0.3) is 0 Å². The molecule has 0 saturated carbocycles. The van der Waals surface area contributed by atoms with E-state index in [0.717, 1.165) is 6.42 Å². The van der Waals surface area contributed by atoms with Crippen LogP contribution in [-0.2, 0) is 12.8 Å². The molecule has 5 heteroatoms. The fourth-order valence-electron chi connectivity index (χ4n) is 3.00. The molecule has 120 valence electrons. The van der Waals surface area contributed by atoms with Crippen LogP contribution in [0.1, 0.15) is 27.9 Å². The molecule has 0 bridgehead atoms. The molecule has 3 rings (SSSR count). The lowest BCUT2D eigenvalue weighted by molar-refractivity contribution is 0.0259. The fraction of sp³-hybridized carbons (Fsp3) is 0.333. The molecule has 1 amide bonds. The average Bonchev–Trinajstić information content (AvgIpc) is 2.59. The summed E-state index contributed by atoms with van der Waals surface area (Å²) in [5.41, 5.74) is 2.13. The van der Waals surface area contributed by atoms with Gasteiger partial charge in [-0.1, -0.05) is 24.3 Å². The van der Waals surface area contributed by atoms with E-state index in [-0.39, 0.29) is 12.5 Å². The van der Waals surface area contributed by atoms with Crippen molar-refractivity contribution >= 4 is 17.7 Å². The molecule has 4 nitrogen and oxygen atoms in total. The zero-order valence-corrected chi connectivity index (χ0v) is 13.9. The van der Waals surface area contributed by atoms with Crippen molar-refractivity contribution in [2.45, 2.75) is 29.9 Å². The van der Waals surface area contributed by atoms with Crippen LogP contribution in [-0.4, -0.2) is 34.4 Å². The Labute approximate surface area is 140 Å². The largest absolute Gasteiger partial charge is 0.388 e. The van der Waals surface area contributed by atoms with Gasteiger partial charge in [0, 0.05) is 19.2 Å². The van der Waals surface area contributed by atoms with Crippen LogP contribution >= 0.6 is 11.8 Å². The number of hydrogen-bond acceptors (Lipinski definition) is 4. The van der Waals surface area contributed by atoms with Gasteiger partial charge in [-0.15, -0.1) is 11.8 Å². The summed E-state index contributed by atoms with van der Waals surface area (Å²) in [6, 6.07) is 11.7. The van der Waals surface area contributed by atoms with Crippen LogP contribution in [0.4, 0.5) is 0 Å². The lowest BCUT2D eigenvalue weighted by Gasteiger charge is -2.33. The maximum atomic E-state index is 12.4. The van der Waals surface area contributed by atoms with Crippen molar-refractivity contribution in [2.24, 2.45) is 0 Å². The standard InChI is InChI=1S/C18H20N2O2S/c1-23-17-15(7-4-10-19-17)16(21)20-12-18(22)9-8-13-5-2-3-6-14(13)11-18/h2-7,10,22H,8-9,11-12H2,1H3,(H,20,21)/t18-/m0/s1. The third-order valence-electron chi connectivity index (χ3n) is 4.28. The van der Waals surface area contributed by atoms with Gasteiger partial charge in [0.15, 0.2) is 0 Å². The molecule has 0 aliphatic heterocycles. The number of aryl methyl sites for hydroxylation is 1. The molecule has 23 heavy (non-hydrogen) atoms. The Bertz CT molecular complexity index is 720. The van der Waals surface area contributed by atoms with Gasteiger partial charge in [0.1, 0.15) is 5.03 Å². The van der Waals surface area contributed by atoms with E-state index in [1.807, 2.05) is 24.5 Å². The minimum atomic E-state index is -0.883. The van der Waals surface area contributed by atoms with E-state index in [2.05, 4.69) is 16.4 Å². The Morgan fingerprint density at radius 2 is 2.09 bits per heavy atom. The molecule has 0 unspecified atom stereocenters. The summed E-state index contributed by atoms with van der Waals surface area (Å²) in [7, 11) is 0. The van der Waals surface area contributed by atoms with Gasteiger partial charge < -0.3 is 10.4 Å². The molecule has 1 aliphatic rings. The highest BCUT2D eigenvalue weighted by Gasteiger charge is 2.32. The number of nitrogens with zero attached hydrogens (tertiary/aromatic N) is 1. The van der Waals surface area contributed by atoms with E-state index >= 15 is 0 Å². The van der Waals surface area contributed by atoms with Crippen molar-refractivity contribution in [1.82, 2.24) is 10.3 Å². The van der Waals surface area contributed by atoms with E-state index in [0.29, 0.717) is 23.4 Å². The van der Waals surface area contributed by atoms with Crippen LogP contribution in [0, 0.1) is 0 Å². The molecule has 1 aliphatic carbocycles.